The Morgan fingerprint density at radius 3 is 2.37 bits per heavy atom. The second-order valence-electron chi connectivity index (χ2n) is 7.20. The number of aromatic nitrogens is 1. The molecule has 0 unspecified atom stereocenters. The van der Waals surface area contributed by atoms with E-state index in [1.807, 2.05) is 26.0 Å². The highest BCUT2D eigenvalue weighted by molar-refractivity contribution is 7.85. The number of amides is 1. The van der Waals surface area contributed by atoms with E-state index in [1.54, 1.807) is 4.57 Å². The third-order valence-corrected chi connectivity index (χ3v) is 5.39. The van der Waals surface area contributed by atoms with Crippen LogP contribution in [0.4, 0.5) is 0 Å². The van der Waals surface area contributed by atoms with Gasteiger partial charge in [0.1, 0.15) is 5.76 Å². The zero-order valence-electron chi connectivity index (χ0n) is 18.8. The standard InChI is InChI=1S/C22H21N3O9S/c1-13-4-5-14(2)25(13)19-10-16(6-8-18(19)22(28)33-12-32-15(3)26)21(27)24-23-11-17-7-9-20(34-17)35(29,30)31/h4-11H,12H2,1-3H3,(H,24,27)(H,29,30,31). The molecule has 2 N–H and O–H groups in total. The lowest BCUT2D eigenvalue weighted by molar-refractivity contribution is -0.149. The molecule has 0 bridgehead atoms. The van der Waals surface area contributed by atoms with Crippen LogP contribution in [0.25, 0.3) is 5.69 Å². The minimum atomic E-state index is -4.50. The smallest absolute Gasteiger partial charge is 0.343 e. The molecule has 2 heterocycles. The van der Waals surface area contributed by atoms with Crippen LogP contribution in [-0.4, -0.2) is 48.4 Å². The number of carbonyl (C=O) groups excluding carboxylic acids is 3. The molecule has 0 aliphatic heterocycles. The maximum atomic E-state index is 12.6. The Bertz CT molecular complexity index is 1400. The summed E-state index contributed by atoms with van der Waals surface area (Å²) in [4.78, 5) is 36.2. The predicted molar refractivity (Wildman–Crippen MR) is 121 cm³/mol. The first-order valence-corrected chi connectivity index (χ1v) is 11.4. The van der Waals surface area contributed by atoms with Gasteiger partial charge in [0.2, 0.25) is 11.9 Å². The molecule has 0 aliphatic carbocycles. The lowest BCUT2D eigenvalue weighted by Gasteiger charge is -2.15. The second kappa shape index (κ2) is 10.4. The molecule has 2 aromatic heterocycles. The number of hydrogen-bond acceptors (Lipinski definition) is 9. The SMILES string of the molecule is CC(=O)OCOC(=O)c1ccc(C(=O)NN=Cc2ccc(S(=O)(=O)O)o2)cc1-n1c(C)ccc1C. The number of nitrogens with zero attached hydrogens (tertiary/aromatic N) is 2. The van der Waals surface area contributed by atoms with Crippen LogP contribution in [0.1, 0.15) is 44.8 Å². The van der Waals surface area contributed by atoms with Crippen molar-refractivity contribution < 1.29 is 41.2 Å². The third kappa shape index (κ3) is 6.22. The molecule has 0 saturated carbocycles. The van der Waals surface area contributed by atoms with E-state index >= 15 is 0 Å². The van der Waals surface area contributed by atoms with Gasteiger partial charge in [0.15, 0.2) is 0 Å². The Morgan fingerprint density at radius 1 is 1.09 bits per heavy atom. The number of ether oxygens (including phenoxy) is 2. The number of hydrazone groups is 1. The minimum absolute atomic E-state index is 0.0249. The Labute approximate surface area is 199 Å². The van der Waals surface area contributed by atoms with Gasteiger partial charge in [0, 0.05) is 23.9 Å². The van der Waals surface area contributed by atoms with E-state index < -0.39 is 39.8 Å². The Hall–Kier alpha value is -4.23. The van der Waals surface area contributed by atoms with Crippen molar-refractivity contribution in [3.8, 4) is 5.69 Å². The van der Waals surface area contributed by atoms with Crippen LogP contribution < -0.4 is 5.43 Å². The van der Waals surface area contributed by atoms with Crippen molar-refractivity contribution in [2.45, 2.75) is 25.9 Å². The normalized spacial score (nSPS) is 11.4. The molecule has 0 saturated heterocycles. The van der Waals surface area contributed by atoms with E-state index in [4.69, 9.17) is 13.7 Å². The third-order valence-electron chi connectivity index (χ3n) is 4.66. The summed E-state index contributed by atoms with van der Waals surface area (Å²) in [5.41, 5.74) is 4.49. The molecule has 0 fully saturated rings. The number of hydrogen-bond donors (Lipinski definition) is 2. The minimum Gasteiger partial charge on any atom is -0.441 e. The summed E-state index contributed by atoms with van der Waals surface area (Å²) >= 11 is 0. The molecule has 184 valence electrons. The first-order valence-electron chi connectivity index (χ1n) is 9.98. The lowest BCUT2D eigenvalue weighted by atomic mass is 10.1. The number of esters is 2. The summed E-state index contributed by atoms with van der Waals surface area (Å²) < 4.78 is 47.3. The van der Waals surface area contributed by atoms with Gasteiger partial charge in [0.25, 0.3) is 5.91 Å². The number of nitrogens with one attached hydrogen (secondary N) is 1. The Kier molecular flexibility index (Phi) is 7.52. The fraction of sp³-hybridized carbons (Fsp3) is 0.182. The lowest BCUT2D eigenvalue weighted by Crippen LogP contribution is -2.19. The quantitative estimate of drug-likeness (QED) is 0.154. The van der Waals surface area contributed by atoms with Crippen molar-refractivity contribution in [1.29, 1.82) is 0 Å². The van der Waals surface area contributed by atoms with Gasteiger partial charge in [-0.2, -0.15) is 13.5 Å². The van der Waals surface area contributed by atoms with E-state index in [0.717, 1.165) is 23.7 Å². The average molecular weight is 503 g/mol. The highest BCUT2D eigenvalue weighted by Crippen LogP contribution is 2.23. The van der Waals surface area contributed by atoms with Crippen molar-refractivity contribution in [2.24, 2.45) is 5.10 Å². The van der Waals surface area contributed by atoms with Crippen molar-refractivity contribution in [2.75, 3.05) is 6.79 Å². The number of furan rings is 1. The summed E-state index contributed by atoms with van der Waals surface area (Å²) in [6.45, 7) is 4.27. The average Bonchev–Trinajstić information content (AvgIpc) is 3.39. The van der Waals surface area contributed by atoms with Crippen LogP contribution >= 0.6 is 0 Å². The summed E-state index contributed by atoms with van der Waals surface area (Å²) in [6.07, 6.45) is 1.05. The van der Waals surface area contributed by atoms with Crippen LogP contribution in [-0.2, 0) is 24.4 Å². The summed E-state index contributed by atoms with van der Waals surface area (Å²) in [7, 11) is -4.50. The van der Waals surface area contributed by atoms with Crippen molar-refractivity contribution in [1.82, 2.24) is 9.99 Å². The summed E-state index contributed by atoms with van der Waals surface area (Å²) in [5, 5.41) is 3.05. The highest BCUT2D eigenvalue weighted by Gasteiger charge is 2.20. The van der Waals surface area contributed by atoms with Crippen LogP contribution in [0, 0.1) is 13.8 Å². The maximum absolute atomic E-state index is 12.6. The number of aryl methyl sites for hydroxylation is 2. The topological polar surface area (TPSA) is 166 Å². The number of carbonyl (C=O) groups is 3. The molecule has 0 radical (unpaired) electrons. The van der Waals surface area contributed by atoms with Gasteiger partial charge in [-0.05, 0) is 56.3 Å². The molecular formula is C22H21N3O9S. The molecular weight excluding hydrogens is 482 g/mol. The predicted octanol–water partition coefficient (Wildman–Crippen LogP) is 2.38. The largest absolute Gasteiger partial charge is 0.441 e. The van der Waals surface area contributed by atoms with E-state index in [-0.39, 0.29) is 16.9 Å². The summed E-state index contributed by atoms with van der Waals surface area (Å²) in [6, 6.07) is 10.2. The molecule has 1 amide bonds. The molecule has 3 aromatic rings. The molecule has 1 aromatic carbocycles. The van der Waals surface area contributed by atoms with Gasteiger partial charge in [-0.25, -0.2) is 10.2 Å². The first kappa shape index (κ1) is 25.4. The van der Waals surface area contributed by atoms with Crippen LogP contribution in [0.3, 0.4) is 0 Å². The van der Waals surface area contributed by atoms with Gasteiger partial charge < -0.3 is 18.5 Å². The molecule has 3 rings (SSSR count). The van der Waals surface area contributed by atoms with Gasteiger partial charge in [-0.1, -0.05) is 0 Å². The molecule has 35 heavy (non-hydrogen) atoms. The molecule has 13 heteroatoms. The van der Waals surface area contributed by atoms with Gasteiger partial charge in [-0.3, -0.25) is 14.1 Å². The van der Waals surface area contributed by atoms with E-state index in [0.29, 0.717) is 5.69 Å². The van der Waals surface area contributed by atoms with E-state index in [1.165, 1.54) is 31.2 Å². The maximum Gasteiger partial charge on any atom is 0.343 e. The number of rotatable bonds is 8. The van der Waals surface area contributed by atoms with Crippen molar-refractivity contribution in [3.05, 3.63) is 70.7 Å². The highest BCUT2D eigenvalue weighted by atomic mass is 32.2. The second-order valence-corrected chi connectivity index (χ2v) is 8.55. The van der Waals surface area contributed by atoms with E-state index in [2.05, 4.69) is 15.3 Å². The number of benzene rings is 1. The zero-order chi connectivity index (χ0) is 25.8. The monoisotopic (exact) mass is 503 g/mol. The molecule has 0 atom stereocenters. The fourth-order valence-corrected chi connectivity index (χ4v) is 3.53. The van der Waals surface area contributed by atoms with Gasteiger partial charge in [0.05, 0.1) is 17.5 Å². The van der Waals surface area contributed by atoms with Crippen LogP contribution in [0.5, 0.6) is 0 Å². The Balaban J connectivity index is 1.85. The van der Waals surface area contributed by atoms with Crippen molar-refractivity contribution >= 4 is 34.2 Å². The van der Waals surface area contributed by atoms with E-state index in [9.17, 15) is 22.8 Å². The first-order chi connectivity index (χ1) is 16.5. The Morgan fingerprint density at radius 2 is 1.77 bits per heavy atom. The molecule has 0 aliphatic rings. The van der Waals surface area contributed by atoms with Gasteiger partial charge in [-0.15, -0.1) is 0 Å². The van der Waals surface area contributed by atoms with Crippen LogP contribution in [0.15, 0.2) is 57.1 Å². The van der Waals surface area contributed by atoms with Crippen molar-refractivity contribution in [3.63, 3.8) is 0 Å². The molecule has 0 spiro atoms. The summed E-state index contributed by atoms with van der Waals surface area (Å²) in [5.74, 6) is -2.02. The van der Waals surface area contributed by atoms with Crippen LogP contribution in [0.2, 0.25) is 0 Å². The van der Waals surface area contributed by atoms with Gasteiger partial charge >= 0.3 is 22.1 Å². The zero-order valence-corrected chi connectivity index (χ0v) is 19.7. The fourth-order valence-electron chi connectivity index (χ4n) is 3.08. The molecule has 12 nitrogen and oxygen atoms in total.